The third-order valence-corrected chi connectivity index (χ3v) is 2.90. The van der Waals surface area contributed by atoms with Crippen LogP contribution < -0.4 is 15.4 Å². The van der Waals surface area contributed by atoms with Crippen LogP contribution in [0.15, 0.2) is 24.3 Å². The average Bonchev–Trinajstić information content (AvgIpc) is 2.36. The lowest BCUT2D eigenvalue weighted by Gasteiger charge is -2.18. The van der Waals surface area contributed by atoms with Crippen LogP contribution in [0.1, 0.15) is 32.4 Å². The zero-order valence-corrected chi connectivity index (χ0v) is 12.3. The molecule has 0 bridgehead atoms. The van der Waals surface area contributed by atoms with Crippen LogP contribution in [0, 0.1) is 5.92 Å². The van der Waals surface area contributed by atoms with Gasteiger partial charge in [0.05, 0.1) is 13.2 Å². The Balaban J connectivity index is 2.48. The predicted molar refractivity (Wildman–Crippen MR) is 80.0 cm³/mol. The highest BCUT2D eigenvalue weighted by Crippen LogP contribution is 2.16. The van der Waals surface area contributed by atoms with Crippen LogP contribution >= 0.6 is 12.2 Å². The molecule has 100 valence electrons. The van der Waals surface area contributed by atoms with Gasteiger partial charge in [0.1, 0.15) is 5.75 Å². The number of rotatable bonds is 5. The van der Waals surface area contributed by atoms with Crippen LogP contribution in [-0.4, -0.2) is 18.8 Å². The van der Waals surface area contributed by atoms with Crippen molar-refractivity contribution >= 4 is 17.3 Å². The highest BCUT2D eigenvalue weighted by molar-refractivity contribution is 7.80. The zero-order chi connectivity index (χ0) is 13.5. The number of hydrogen-bond acceptors (Lipinski definition) is 2. The van der Waals surface area contributed by atoms with Gasteiger partial charge in [-0.1, -0.05) is 26.0 Å². The van der Waals surface area contributed by atoms with Crippen molar-refractivity contribution in [2.24, 2.45) is 5.92 Å². The molecule has 3 nitrogen and oxygen atoms in total. The van der Waals surface area contributed by atoms with Gasteiger partial charge in [-0.3, -0.25) is 0 Å². The van der Waals surface area contributed by atoms with Crippen LogP contribution in [0.2, 0.25) is 0 Å². The van der Waals surface area contributed by atoms with Gasteiger partial charge in [-0.05, 0) is 42.8 Å². The molecule has 18 heavy (non-hydrogen) atoms. The van der Waals surface area contributed by atoms with Crippen LogP contribution in [0.3, 0.4) is 0 Å². The smallest absolute Gasteiger partial charge is 0.166 e. The van der Waals surface area contributed by atoms with Crippen molar-refractivity contribution < 1.29 is 4.74 Å². The summed E-state index contributed by atoms with van der Waals surface area (Å²) in [5.41, 5.74) is 1.18. The summed E-state index contributed by atoms with van der Waals surface area (Å²) in [6.45, 7) is 7.29. The van der Waals surface area contributed by atoms with Crippen molar-refractivity contribution in [1.29, 1.82) is 0 Å². The van der Waals surface area contributed by atoms with Crippen molar-refractivity contribution in [3.8, 4) is 5.75 Å². The van der Waals surface area contributed by atoms with Crippen molar-refractivity contribution in [2.75, 3.05) is 13.7 Å². The fraction of sp³-hybridized carbons (Fsp3) is 0.500. The van der Waals surface area contributed by atoms with Gasteiger partial charge < -0.3 is 15.4 Å². The first-order valence-electron chi connectivity index (χ1n) is 6.21. The summed E-state index contributed by atoms with van der Waals surface area (Å²) in [4.78, 5) is 0. The van der Waals surface area contributed by atoms with Gasteiger partial charge in [0.25, 0.3) is 0 Å². The van der Waals surface area contributed by atoms with E-state index < -0.39 is 0 Å². The van der Waals surface area contributed by atoms with Crippen molar-refractivity contribution in [3.63, 3.8) is 0 Å². The summed E-state index contributed by atoms with van der Waals surface area (Å²) in [6, 6.07) is 8.18. The van der Waals surface area contributed by atoms with Gasteiger partial charge in [-0.15, -0.1) is 0 Å². The Kier molecular flexibility index (Phi) is 5.92. The fourth-order valence-corrected chi connectivity index (χ4v) is 1.78. The molecule has 0 saturated heterocycles. The second kappa shape index (κ2) is 7.21. The minimum absolute atomic E-state index is 0.183. The molecule has 0 radical (unpaired) electrons. The molecular weight excluding hydrogens is 244 g/mol. The zero-order valence-electron chi connectivity index (χ0n) is 11.5. The van der Waals surface area contributed by atoms with Crippen LogP contribution in [0.4, 0.5) is 0 Å². The van der Waals surface area contributed by atoms with Crippen molar-refractivity contribution in [1.82, 2.24) is 10.6 Å². The SMILES string of the molecule is COc1ccc(C(C)NC(=S)NCC(C)C)cc1. The van der Waals surface area contributed by atoms with Gasteiger partial charge in [-0.2, -0.15) is 0 Å². The Morgan fingerprint density at radius 3 is 2.33 bits per heavy atom. The molecule has 0 saturated carbocycles. The van der Waals surface area contributed by atoms with E-state index >= 15 is 0 Å². The van der Waals surface area contributed by atoms with Gasteiger partial charge in [0.15, 0.2) is 5.11 Å². The summed E-state index contributed by atoms with van der Waals surface area (Å²) < 4.78 is 5.14. The fourth-order valence-electron chi connectivity index (χ4n) is 1.52. The molecule has 0 amide bonds. The van der Waals surface area contributed by atoms with Crippen LogP contribution in [0.5, 0.6) is 5.75 Å². The maximum absolute atomic E-state index is 5.25. The third-order valence-electron chi connectivity index (χ3n) is 2.63. The normalized spacial score (nSPS) is 12.1. The van der Waals surface area contributed by atoms with Crippen molar-refractivity contribution in [3.05, 3.63) is 29.8 Å². The topological polar surface area (TPSA) is 33.3 Å². The van der Waals surface area contributed by atoms with Gasteiger partial charge >= 0.3 is 0 Å². The maximum atomic E-state index is 5.25. The molecule has 1 aromatic rings. The quantitative estimate of drug-likeness (QED) is 0.803. The second-order valence-electron chi connectivity index (χ2n) is 4.74. The molecular formula is C14H22N2OS. The summed E-state index contributed by atoms with van der Waals surface area (Å²) in [7, 11) is 1.67. The molecule has 1 rings (SSSR count). The lowest BCUT2D eigenvalue weighted by molar-refractivity contribution is 0.414. The Labute approximate surface area is 115 Å². The number of thiocarbonyl (C=S) groups is 1. The lowest BCUT2D eigenvalue weighted by Crippen LogP contribution is -2.38. The first-order valence-corrected chi connectivity index (χ1v) is 6.62. The number of benzene rings is 1. The number of nitrogens with one attached hydrogen (secondary N) is 2. The van der Waals surface area contributed by atoms with E-state index in [1.165, 1.54) is 5.56 Å². The Morgan fingerprint density at radius 2 is 1.83 bits per heavy atom. The monoisotopic (exact) mass is 266 g/mol. The molecule has 1 atom stereocenters. The van der Waals surface area contributed by atoms with E-state index in [1.807, 2.05) is 24.3 Å². The molecule has 1 aromatic carbocycles. The Morgan fingerprint density at radius 1 is 1.22 bits per heavy atom. The average molecular weight is 266 g/mol. The molecule has 0 aromatic heterocycles. The van der Waals surface area contributed by atoms with E-state index in [2.05, 4.69) is 31.4 Å². The summed E-state index contributed by atoms with van der Waals surface area (Å²) in [5.74, 6) is 1.45. The Bertz CT molecular complexity index is 376. The maximum Gasteiger partial charge on any atom is 0.166 e. The molecule has 0 fully saturated rings. The molecule has 0 aliphatic heterocycles. The Hall–Kier alpha value is -1.29. The molecule has 0 aliphatic carbocycles. The summed E-state index contributed by atoms with van der Waals surface area (Å²) in [6.07, 6.45) is 0. The largest absolute Gasteiger partial charge is 0.497 e. The summed E-state index contributed by atoms with van der Waals surface area (Å²) >= 11 is 5.25. The molecule has 0 heterocycles. The van der Waals surface area contributed by atoms with E-state index in [0.717, 1.165) is 12.3 Å². The number of methoxy groups -OCH3 is 1. The van der Waals surface area contributed by atoms with Crippen LogP contribution in [-0.2, 0) is 0 Å². The third kappa shape index (κ3) is 4.92. The highest BCUT2D eigenvalue weighted by atomic mass is 32.1. The molecule has 1 unspecified atom stereocenters. The number of ether oxygens (including phenoxy) is 1. The van der Waals surface area contributed by atoms with Crippen LogP contribution in [0.25, 0.3) is 0 Å². The standard InChI is InChI=1S/C14H22N2OS/c1-10(2)9-15-14(18)16-11(3)12-5-7-13(17-4)8-6-12/h5-8,10-11H,9H2,1-4H3,(H2,15,16,18). The van der Waals surface area contributed by atoms with Gasteiger partial charge in [-0.25, -0.2) is 0 Å². The number of hydrogen-bond donors (Lipinski definition) is 2. The van der Waals surface area contributed by atoms with Gasteiger partial charge in [0.2, 0.25) is 0 Å². The second-order valence-corrected chi connectivity index (χ2v) is 5.15. The molecule has 4 heteroatoms. The minimum atomic E-state index is 0.183. The van der Waals surface area contributed by atoms with E-state index in [1.54, 1.807) is 7.11 Å². The van der Waals surface area contributed by atoms with E-state index in [4.69, 9.17) is 17.0 Å². The first kappa shape index (κ1) is 14.8. The molecule has 0 spiro atoms. The van der Waals surface area contributed by atoms with Crippen molar-refractivity contribution in [2.45, 2.75) is 26.8 Å². The van der Waals surface area contributed by atoms with Gasteiger partial charge in [0, 0.05) is 6.54 Å². The summed E-state index contributed by atoms with van der Waals surface area (Å²) in [5, 5.41) is 7.17. The molecule has 2 N–H and O–H groups in total. The van der Waals surface area contributed by atoms with E-state index in [-0.39, 0.29) is 6.04 Å². The minimum Gasteiger partial charge on any atom is -0.497 e. The predicted octanol–water partition coefficient (Wildman–Crippen LogP) is 2.88. The highest BCUT2D eigenvalue weighted by Gasteiger charge is 2.07. The van der Waals surface area contributed by atoms with E-state index in [9.17, 15) is 0 Å². The lowest BCUT2D eigenvalue weighted by atomic mass is 10.1. The van der Waals surface area contributed by atoms with E-state index in [0.29, 0.717) is 11.0 Å². The first-order chi connectivity index (χ1) is 8.52. The molecule has 0 aliphatic rings.